The Labute approximate surface area is 65.5 Å². The van der Waals surface area contributed by atoms with Crippen LogP contribution in [0.4, 0.5) is 0 Å². The molecule has 0 spiro atoms. The van der Waals surface area contributed by atoms with Crippen LogP contribution < -0.4 is 0 Å². The molecule has 2 heteroatoms. The number of hydrogen-bond acceptors (Lipinski definition) is 0. The van der Waals surface area contributed by atoms with Gasteiger partial charge in [-0.15, -0.1) is 0 Å². The van der Waals surface area contributed by atoms with Crippen molar-refractivity contribution in [3.05, 3.63) is 0 Å². The molecule has 0 nitrogen and oxygen atoms in total. The Morgan fingerprint density at radius 3 is 1.89 bits per heavy atom. The molecule has 0 N–H and O–H groups in total. The minimum atomic E-state index is -0.304. The summed E-state index contributed by atoms with van der Waals surface area (Å²) in [5, 5.41) is 0. The third kappa shape index (κ3) is 3.26. The van der Waals surface area contributed by atoms with Crippen molar-refractivity contribution in [2.24, 2.45) is 5.41 Å². The summed E-state index contributed by atoms with van der Waals surface area (Å²) in [6.07, 6.45) is 1.25. The summed E-state index contributed by atoms with van der Waals surface area (Å²) in [5.41, 5.74) is 1.25. The Kier molecular flexibility index (Phi) is 3.82. The van der Waals surface area contributed by atoms with Crippen molar-refractivity contribution in [2.75, 3.05) is 0 Å². The second-order valence-electron chi connectivity index (χ2n) is 3.63. The molecule has 0 aliphatic carbocycles. The Morgan fingerprint density at radius 2 is 1.89 bits per heavy atom. The molecule has 56 valence electrons. The minimum Gasteiger partial charge on any atom is -0.176 e. The lowest BCUT2D eigenvalue weighted by molar-refractivity contribution is 0.373. The molecule has 9 heavy (non-hydrogen) atoms. The van der Waals surface area contributed by atoms with E-state index in [4.69, 9.17) is 11.1 Å². The molecule has 0 aromatic rings. The van der Waals surface area contributed by atoms with E-state index < -0.39 is 0 Å². The molecule has 0 radical (unpaired) electrons. The van der Waals surface area contributed by atoms with Crippen molar-refractivity contribution in [1.29, 1.82) is 0 Å². The topological polar surface area (TPSA) is 0 Å². The van der Waals surface area contributed by atoms with E-state index in [-0.39, 0.29) is 8.83 Å². The van der Waals surface area contributed by atoms with Gasteiger partial charge in [-0.25, -0.2) is 0 Å². The normalized spacial score (nSPS) is 17.0. The molecule has 0 saturated carbocycles. The summed E-state index contributed by atoms with van der Waals surface area (Å²) in [7, 11) is -0.304. The minimum absolute atomic E-state index is 0.304. The van der Waals surface area contributed by atoms with E-state index in [0.29, 0.717) is 5.41 Å². The standard InChI is InChI=1S/C7H17ClSi/c1-5-6(9-8)7(2,3)4/h6H,5,9H2,1-4H3. The van der Waals surface area contributed by atoms with Crippen molar-refractivity contribution >= 4 is 19.9 Å². The summed E-state index contributed by atoms with van der Waals surface area (Å²) < 4.78 is 0. The Hall–Kier alpha value is 0.507. The van der Waals surface area contributed by atoms with E-state index >= 15 is 0 Å². The maximum absolute atomic E-state index is 5.89. The van der Waals surface area contributed by atoms with Crippen molar-refractivity contribution in [1.82, 2.24) is 0 Å². The summed E-state index contributed by atoms with van der Waals surface area (Å²) in [5.74, 6) is 0. The monoisotopic (exact) mass is 164 g/mol. The SMILES string of the molecule is CCC([SiH2]Cl)C(C)(C)C. The summed E-state index contributed by atoms with van der Waals surface area (Å²) >= 11 is 5.89. The first-order valence-corrected chi connectivity index (χ1v) is 6.53. The summed E-state index contributed by atoms with van der Waals surface area (Å²) in [6.45, 7) is 9.05. The van der Waals surface area contributed by atoms with E-state index in [2.05, 4.69) is 27.7 Å². The predicted octanol–water partition coefficient (Wildman–Crippen LogP) is 2.55. The van der Waals surface area contributed by atoms with Gasteiger partial charge in [0.25, 0.3) is 0 Å². The fourth-order valence-corrected chi connectivity index (χ4v) is 3.68. The largest absolute Gasteiger partial charge is 0.176 e. The smallest absolute Gasteiger partial charge is 0.128 e. The van der Waals surface area contributed by atoms with E-state index in [1.54, 1.807) is 0 Å². The van der Waals surface area contributed by atoms with Gasteiger partial charge in [0.15, 0.2) is 0 Å². The fraction of sp³-hybridized carbons (Fsp3) is 1.00. The third-order valence-electron chi connectivity index (χ3n) is 1.90. The van der Waals surface area contributed by atoms with Gasteiger partial charge in [-0.2, -0.15) is 11.1 Å². The molecule has 0 fully saturated rings. The highest BCUT2D eigenvalue weighted by Gasteiger charge is 2.21. The van der Waals surface area contributed by atoms with Crippen LogP contribution in [0, 0.1) is 5.41 Å². The highest BCUT2D eigenvalue weighted by Crippen LogP contribution is 2.33. The van der Waals surface area contributed by atoms with E-state index in [9.17, 15) is 0 Å². The van der Waals surface area contributed by atoms with Crippen LogP contribution in [0.5, 0.6) is 0 Å². The van der Waals surface area contributed by atoms with Gasteiger partial charge in [-0.05, 0) is 11.0 Å². The lowest BCUT2D eigenvalue weighted by atomic mass is 9.90. The quantitative estimate of drug-likeness (QED) is 0.435. The highest BCUT2D eigenvalue weighted by atomic mass is 35.6. The first-order chi connectivity index (χ1) is 4.02. The number of hydrogen-bond donors (Lipinski definition) is 0. The van der Waals surface area contributed by atoms with Crippen LogP contribution in [0.2, 0.25) is 5.54 Å². The van der Waals surface area contributed by atoms with E-state index in [1.165, 1.54) is 6.42 Å². The van der Waals surface area contributed by atoms with Gasteiger partial charge in [0.2, 0.25) is 0 Å². The molecule has 0 amide bonds. The average Bonchev–Trinajstić information content (AvgIpc) is 1.65. The molecular weight excluding hydrogens is 148 g/mol. The van der Waals surface area contributed by atoms with E-state index in [1.807, 2.05) is 0 Å². The second kappa shape index (κ2) is 3.62. The molecule has 0 aliphatic rings. The maximum atomic E-state index is 5.89. The highest BCUT2D eigenvalue weighted by molar-refractivity contribution is 6.94. The zero-order valence-corrected chi connectivity index (χ0v) is 9.04. The number of rotatable bonds is 2. The maximum Gasteiger partial charge on any atom is 0.128 e. The molecule has 0 aromatic carbocycles. The molecule has 0 heterocycles. The van der Waals surface area contributed by atoms with Gasteiger partial charge in [0.05, 0.1) is 0 Å². The molecule has 0 bridgehead atoms. The molecule has 0 aliphatic heterocycles. The molecule has 1 atom stereocenters. The van der Waals surface area contributed by atoms with Crippen LogP contribution in [-0.4, -0.2) is 8.83 Å². The molecule has 0 aromatic heterocycles. The van der Waals surface area contributed by atoms with Crippen LogP contribution in [0.25, 0.3) is 0 Å². The van der Waals surface area contributed by atoms with Crippen molar-refractivity contribution in [2.45, 2.75) is 39.7 Å². The first kappa shape index (κ1) is 9.51. The predicted molar refractivity (Wildman–Crippen MR) is 47.9 cm³/mol. The zero-order chi connectivity index (χ0) is 7.49. The van der Waals surface area contributed by atoms with Gasteiger partial charge < -0.3 is 0 Å². The molecule has 1 unspecified atom stereocenters. The lowest BCUT2D eigenvalue weighted by Crippen LogP contribution is -2.17. The fourth-order valence-electron chi connectivity index (χ4n) is 0.953. The molecular formula is C7H17ClSi. The van der Waals surface area contributed by atoms with Crippen LogP contribution in [0.15, 0.2) is 0 Å². The van der Waals surface area contributed by atoms with Crippen LogP contribution in [0.1, 0.15) is 34.1 Å². The van der Waals surface area contributed by atoms with Gasteiger partial charge in [0.1, 0.15) is 8.83 Å². The first-order valence-electron chi connectivity index (χ1n) is 3.58. The van der Waals surface area contributed by atoms with Crippen molar-refractivity contribution < 1.29 is 0 Å². The van der Waals surface area contributed by atoms with Gasteiger partial charge in [0, 0.05) is 0 Å². The van der Waals surface area contributed by atoms with Crippen molar-refractivity contribution in [3.8, 4) is 0 Å². The Bertz CT molecular complexity index is 71.5. The average molecular weight is 165 g/mol. The molecule has 0 rings (SSSR count). The van der Waals surface area contributed by atoms with E-state index in [0.717, 1.165) is 5.54 Å². The van der Waals surface area contributed by atoms with Crippen LogP contribution >= 0.6 is 11.1 Å². The van der Waals surface area contributed by atoms with Crippen LogP contribution in [0.3, 0.4) is 0 Å². The van der Waals surface area contributed by atoms with Crippen LogP contribution in [-0.2, 0) is 0 Å². The Balaban J connectivity index is 3.79. The number of halogens is 1. The third-order valence-corrected chi connectivity index (χ3v) is 5.20. The second-order valence-corrected chi connectivity index (χ2v) is 5.85. The zero-order valence-electron chi connectivity index (χ0n) is 6.87. The molecule has 0 saturated heterocycles. The lowest BCUT2D eigenvalue weighted by Gasteiger charge is -2.27. The van der Waals surface area contributed by atoms with Crippen molar-refractivity contribution in [3.63, 3.8) is 0 Å². The Morgan fingerprint density at radius 1 is 1.44 bits per heavy atom. The van der Waals surface area contributed by atoms with Gasteiger partial charge >= 0.3 is 0 Å². The summed E-state index contributed by atoms with van der Waals surface area (Å²) in [4.78, 5) is 0. The van der Waals surface area contributed by atoms with Gasteiger partial charge in [-0.1, -0.05) is 34.1 Å². The summed E-state index contributed by atoms with van der Waals surface area (Å²) in [6, 6.07) is 0. The van der Waals surface area contributed by atoms with Gasteiger partial charge in [-0.3, -0.25) is 0 Å².